The second-order valence-corrected chi connectivity index (χ2v) is 2.62. The Bertz CT molecular complexity index is 394. The summed E-state index contributed by atoms with van der Waals surface area (Å²) in [5, 5.41) is 0. The number of hydrogen-bond donors (Lipinski definition) is 0. The number of esters is 2. The summed E-state index contributed by atoms with van der Waals surface area (Å²) in [5.41, 5.74) is 7.91. The third-order valence-electron chi connectivity index (χ3n) is 1.47. The van der Waals surface area contributed by atoms with E-state index in [1.807, 2.05) is 0 Å². The van der Waals surface area contributed by atoms with Crippen LogP contribution in [0.3, 0.4) is 0 Å². The molecule has 0 saturated heterocycles. The van der Waals surface area contributed by atoms with Crippen LogP contribution in [-0.2, 0) is 23.9 Å². The highest BCUT2D eigenvalue weighted by atomic mass is 16.5. The highest BCUT2D eigenvalue weighted by Crippen LogP contribution is 1.88. The van der Waals surface area contributed by atoms with E-state index in [-0.39, 0.29) is 13.2 Å². The maximum atomic E-state index is 11.3. The maximum Gasteiger partial charge on any atom is 0.387 e. The van der Waals surface area contributed by atoms with E-state index >= 15 is 0 Å². The van der Waals surface area contributed by atoms with Crippen LogP contribution in [0.5, 0.6) is 0 Å². The standard InChI is InChI=1S/C10H12N2O5/c1-3-16-8(13)6-5-7(12-11)9(14)10(15)17-4-2/h5-6H,3-4H2,1-2H3/b6-5+. The van der Waals surface area contributed by atoms with E-state index in [2.05, 4.69) is 14.3 Å². The number of nitrogens with zero attached hydrogens (tertiary/aromatic N) is 2. The van der Waals surface area contributed by atoms with Crippen molar-refractivity contribution in [1.29, 1.82) is 0 Å². The lowest BCUT2D eigenvalue weighted by Crippen LogP contribution is -2.25. The van der Waals surface area contributed by atoms with Crippen molar-refractivity contribution in [2.75, 3.05) is 13.2 Å². The quantitative estimate of drug-likeness (QED) is 0.161. The Morgan fingerprint density at radius 1 is 1.12 bits per heavy atom. The van der Waals surface area contributed by atoms with Crippen LogP contribution in [0.1, 0.15) is 13.8 Å². The normalized spacial score (nSPS) is 9.53. The van der Waals surface area contributed by atoms with Crippen molar-refractivity contribution in [3.63, 3.8) is 0 Å². The zero-order chi connectivity index (χ0) is 13.3. The predicted octanol–water partition coefficient (Wildman–Crippen LogP) is -0.0913. The van der Waals surface area contributed by atoms with Gasteiger partial charge in [-0.3, -0.25) is 4.79 Å². The van der Waals surface area contributed by atoms with Gasteiger partial charge >= 0.3 is 23.4 Å². The summed E-state index contributed by atoms with van der Waals surface area (Å²) in [5.74, 6) is -3.02. The van der Waals surface area contributed by atoms with E-state index in [9.17, 15) is 14.4 Å². The number of ketones is 1. The Labute approximate surface area is 97.6 Å². The average Bonchev–Trinajstić information content (AvgIpc) is 2.30. The monoisotopic (exact) mass is 240 g/mol. The van der Waals surface area contributed by atoms with E-state index in [0.717, 1.165) is 12.2 Å². The lowest BCUT2D eigenvalue weighted by molar-refractivity contribution is -0.151. The number of ether oxygens (including phenoxy) is 2. The predicted molar refractivity (Wildman–Crippen MR) is 56.0 cm³/mol. The van der Waals surface area contributed by atoms with E-state index in [1.54, 1.807) is 6.92 Å². The fourth-order valence-corrected chi connectivity index (χ4v) is 0.793. The molecule has 0 radical (unpaired) electrons. The smallest absolute Gasteiger partial charge is 0.387 e. The number of Topliss-reactive ketones (excluding diaryl/α,β-unsaturated/α-hetero) is 1. The van der Waals surface area contributed by atoms with E-state index in [0.29, 0.717) is 0 Å². The van der Waals surface area contributed by atoms with Gasteiger partial charge in [0, 0.05) is 12.2 Å². The lowest BCUT2D eigenvalue weighted by Gasteiger charge is -1.95. The molecule has 0 fully saturated rings. The van der Waals surface area contributed by atoms with Gasteiger partial charge in [-0.05, 0) is 13.8 Å². The van der Waals surface area contributed by atoms with Gasteiger partial charge in [-0.1, -0.05) is 0 Å². The van der Waals surface area contributed by atoms with Crippen LogP contribution in [0.2, 0.25) is 0 Å². The zero-order valence-electron chi connectivity index (χ0n) is 9.50. The first-order valence-corrected chi connectivity index (χ1v) is 4.85. The third-order valence-corrected chi connectivity index (χ3v) is 1.47. The first-order valence-electron chi connectivity index (χ1n) is 4.85. The van der Waals surface area contributed by atoms with Crippen LogP contribution in [0.4, 0.5) is 0 Å². The molecule has 7 heteroatoms. The Morgan fingerprint density at radius 3 is 2.18 bits per heavy atom. The molecule has 0 spiro atoms. The molecule has 0 aromatic carbocycles. The minimum absolute atomic E-state index is 0.0187. The van der Waals surface area contributed by atoms with Crippen LogP contribution in [0.25, 0.3) is 5.53 Å². The summed E-state index contributed by atoms with van der Waals surface area (Å²) in [6, 6.07) is 0. The van der Waals surface area contributed by atoms with Gasteiger partial charge in [0.25, 0.3) is 0 Å². The molecule has 0 aliphatic heterocycles. The zero-order valence-corrected chi connectivity index (χ0v) is 9.50. The molecule has 0 aliphatic carbocycles. The molecule has 17 heavy (non-hydrogen) atoms. The summed E-state index contributed by atoms with van der Waals surface area (Å²) in [6.07, 6.45) is 1.74. The van der Waals surface area contributed by atoms with Crippen molar-refractivity contribution in [3.05, 3.63) is 17.7 Å². The second kappa shape index (κ2) is 7.95. The molecule has 7 nitrogen and oxygen atoms in total. The van der Waals surface area contributed by atoms with Gasteiger partial charge in [0.2, 0.25) is 0 Å². The molecule has 0 aromatic rings. The van der Waals surface area contributed by atoms with Crippen LogP contribution in [0, 0.1) is 0 Å². The first kappa shape index (κ1) is 14.7. The molecular weight excluding hydrogens is 228 g/mol. The van der Waals surface area contributed by atoms with Gasteiger partial charge in [-0.2, -0.15) is 4.79 Å². The molecule has 92 valence electrons. The van der Waals surface area contributed by atoms with Crippen molar-refractivity contribution in [1.82, 2.24) is 0 Å². The Hall–Kier alpha value is -2.27. The minimum atomic E-state index is -1.16. The van der Waals surface area contributed by atoms with E-state index < -0.39 is 23.4 Å². The topological polar surface area (TPSA) is 106 Å². The fraction of sp³-hybridized carbons (Fsp3) is 0.400. The third kappa shape index (κ3) is 5.39. The van der Waals surface area contributed by atoms with Crippen molar-refractivity contribution < 1.29 is 28.6 Å². The number of allylic oxidation sites excluding steroid dienone is 1. The number of hydrogen-bond acceptors (Lipinski definition) is 5. The summed E-state index contributed by atoms with van der Waals surface area (Å²) in [7, 11) is 0. The Balaban J connectivity index is 4.66. The van der Waals surface area contributed by atoms with E-state index in [1.165, 1.54) is 6.92 Å². The highest BCUT2D eigenvalue weighted by Gasteiger charge is 2.27. The van der Waals surface area contributed by atoms with Crippen LogP contribution in [0.15, 0.2) is 12.2 Å². The Kier molecular flexibility index (Phi) is 6.89. The highest BCUT2D eigenvalue weighted by molar-refractivity contribution is 6.64. The first-order chi connectivity index (χ1) is 8.06. The summed E-state index contributed by atoms with van der Waals surface area (Å²) in [4.78, 5) is 35.8. The Morgan fingerprint density at radius 2 is 1.71 bits per heavy atom. The molecule has 0 aliphatic rings. The molecule has 0 heterocycles. The largest absolute Gasteiger partial charge is 0.463 e. The van der Waals surface area contributed by atoms with Gasteiger partial charge < -0.3 is 15.0 Å². The molecule has 0 amide bonds. The minimum Gasteiger partial charge on any atom is -0.463 e. The fourth-order valence-electron chi connectivity index (χ4n) is 0.793. The number of rotatable bonds is 6. The number of carbonyl (C=O) groups is 3. The summed E-state index contributed by atoms with van der Waals surface area (Å²) < 4.78 is 8.94. The van der Waals surface area contributed by atoms with Crippen LogP contribution < -0.4 is 0 Å². The molecule has 0 aromatic heterocycles. The van der Waals surface area contributed by atoms with Crippen molar-refractivity contribution in [2.45, 2.75) is 13.8 Å². The van der Waals surface area contributed by atoms with Crippen molar-refractivity contribution in [2.24, 2.45) is 0 Å². The molecule has 0 unspecified atom stereocenters. The van der Waals surface area contributed by atoms with Crippen LogP contribution >= 0.6 is 0 Å². The lowest BCUT2D eigenvalue weighted by atomic mass is 10.2. The van der Waals surface area contributed by atoms with Crippen molar-refractivity contribution in [3.8, 4) is 0 Å². The summed E-state index contributed by atoms with van der Waals surface area (Å²) in [6.45, 7) is 3.32. The molecule has 0 saturated carbocycles. The number of carbonyl (C=O) groups excluding carboxylic acids is 3. The van der Waals surface area contributed by atoms with Gasteiger partial charge in [-0.15, -0.1) is 0 Å². The van der Waals surface area contributed by atoms with Gasteiger partial charge in [0.1, 0.15) is 0 Å². The maximum absolute atomic E-state index is 11.3. The molecule has 0 rings (SSSR count). The average molecular weight is 240 g/mol. The van der Waals surface area contributed by atoms with Crippen LogP contribution in [-0.4, -0.2) is 41.4 Å². The van der Waals surface area contributed by atoms with Crippen molar-refractivity contribution >= 4 is 23.4 Å². The van der Waals surface area contributed by atoms with Gasteiger partial charge in [0.05, 0.1) is 13.2 Å². The van der Waals surface area contributed by atoms with Gasteiger partial charge in [0.15, 0.2) is 0 Å². The molecule has 0 bridgehead atoms. The second-order valence-electron chi connectivity index (χ2n) is 2.62. The van der Waals surface area contributed by atoms with E-state index in [4.69, 9.17) is 5.53 Å². The molecular formula is C10H12N2O5. The SMILES string of the molecule is CCOC(=O)/C=C/C(=[N+]=[N-])C(=O)C(=O)OCC. The summed E-state index contributed by atoms with van der Waals surface area (Å²) >= 11 is 0. The van der Waals surface area contributed by atoms with Gasteiger partial charge in [-0.25, -0.2) is 9.59 Å². The molecule has 0 atom stereocenters. The molecule has 0 N–H and O–H groups in total.